The molecule has 1 aromatic heterocycles. The van der Waals surface area contributed by atoms with Crippen molar-refractivity contribution in [2.75, 3.05) is 10.6 Å². The SMILES string of the molecule is Cc1cccc(NC(=O)c2cnc(Nc3cccc(Br)c3)nc2)c1. The molecule has 0 aliphatic rings. The lowest BCUT2D eigenvalue weighted by Crippen LogP contribution is -2.13. The van der Waals surface area contributed by atoms with Gasteiger partial charge in [-0.3, -0.25) is 4.79 Å². The van der Waals surface area contributed by atoms with Crippen molar-refractivity contribution in [2.24, 2.45) is 0 Å². The highest BCUT2D eigenvalue weighted by Crippen LogP contribution is 2.18. The second kappa shape index (κ2) is 7.23. The number of nitrogens with zero attached hydrogens (tertiary/aromatic N) is 2. The van der Waals surface area contributed by atoms with Crippen LogP contribution in [0.1, 0.15) is 15.9 Å². The molecule has 3 aromatic rings. The first-order valence-corrected chi connectivity index (χ1v) is 8.12. The zero-order chi connectivity index (χ0) is 16.9. The van der Waals surface area contributed by atoms with Crippen LogP contribution in [-0.4, -0.2) is 15.9 Å². The van der Waals surface area contributed by atoms with E-state index in [0.717, 1.165) is 21.4 Å². The third-order valence-corrected chi connectivity index (χ3v) is 3.76. The number of hydrogen-bond acceptors (Lipinski definition) is 4. The van der Waals surface area contributed by atoms with Crippen LogP contribution in [0.5, 0.6) is 0 Å². The van der Waals surface area contributed by atoms with Gasteiger partial charge in [0.15, 0.2) is 0 Å². The summed E-state index contributed by atoms with van der Waals surface area (Å²) in [5, 5.41) is 5.91. The third-order valence-electron chi connectivity index (χ3n) is 3.27. The fourth-order valence-electron chi connectivity index (χ4n) is 2.13. The van der Waals surface area contributed by atoms with E-state index in [1.54, 1.807) is 0 Å². The average molecular weight is 383 g/mol. The quantitative estimate of drug-likeness (QED) is 0.694. The topological polar surface area (TPSA) is 66.9 Å². The van der Waals surface area contributed by atoms with E-state index in [2.05, 4.69) is 36.5 Å². The van der Waals surface area contributed by atoms with Crippen LogP contribution in [0.4, 0.5) is 17.3 Å². The Morgan fingerprint density at radius 2 is 1.71 bits per heavy atom. The largest absolute Gasteiger partial charge is 0.324 e. The summed E-state index contributed by atoms with van der Waals surface area (Å²) in [6, 6.07) is 15.3. The van der Waals surface area contributed by atoms with Crippen LogP contribution in [-0.2, 0) is 0 Å². The van der Waals surface area contributed by atoms with Gasteiger partial charge in [0, 0.05) is 28.2 Å². The molecular formula is C18H15BrN4O. The third kappa shape index (κ3) is 4.17. The lowest BCUT2D eigenvalue weighted by atomic mass is 10.2. The summed E-state index contributed by atoms with van der Waals surface area (Å²) in [5.41, 5.74) is 3.09. The minimum absolute atomic E-state index is 0.241. The van der Waals surface area contributed by atoms with Gasteiger partial charge in [-0.1, -0.05) is 34.1 Å². The molecule has 6 heteroatoms. The van der Waals surface area contributed by atoms with Gasteiger partial charge in [-0.2, -0.15) is 0 Å². The maximum atomic E-state index is 12.2. The number of anilines is 3. The standard InChI is InChI=1S/C18H15BrN4O/c1-12-4-2-6-15(8-12)22-17(24)13-10-20-18(21-11-13)23-16-7-3-5-14(19)9-16/h2-11H,1H3,(H,22,24)(H,20,21,23). The fraction of sp³-hybridized carbons (Fsp3) is 0.0556. The number of aryl methyl sites for hydroxylation is 1. The molecule has 0 aliphatic heterocycles. The van der Waals surface area contributed by atoms with Crippen molar-refractivity contribution in [2.45, 2.75) is 6.92 Å². The van der Waals surface area contributed by atoms with Crippen LogP contribution in [0.3, 0.4) is 0 Å². The van der Waals surface area contributed by atoms with Gasteiger partial charge in [0.2, 0.25) is 5.95 Å². The van der Waals surface area contributed by atoms with Crippen molar-refractivity contribution in [3.05, 3.63) is 76.5 Å². The molecule has 0 saturated heterocycles. The molecule has 0 spiro atoms. The lowest BCUT2D eigenvalue weighted by Gasteiger charge is -2.07. The molecule has 2 aromatic carbocycles. The number of halogens is 1. The Morgan fingerprint density at radius 3 is 2.42 bits per heavy atom. The van der Waals surface area contributed by atoms with Crippen LogP contribution in [0.2, 0.25) is 0 Å². The van der Waals surface area contributed by atoms with Gasteiger partial charge >= 0.3 is 0 Å². The van der Waals surface area contributed by atoms with Crippen LogP contribution >= 0.6 is 15.9 Å². The molecular weight excluding hydrogens is 368 g/mol. The van der Waals surface area contributed by atoms with Crippen LogP contribution < -0.4 is 10.6 Å². The van der Waals surface area contributed by atoms with E-state index < -0.39 is 0 Å². The Kier molecular flexibility index (Phi) is 4.86. The number of aromatic nitrogens is 2. The zero-order valence-corrected chi connectivity index (χ0v) is 14.5. The molecule has 0 fully saturated rings. The number of rotatable bonds is 4. The first-order valence-electron chi connectivity index (χ1n) is 7.33. The van der Waals surface area contributed by atoms with Gasteiger partial charge < -0.3 is 10.6 Å². The van der Waals surface area contributed by atoms with Gasteiger partial charge in [-0.15, -0.1) is 0 Å². The monoisotopic (exact) mass is 382 g/mol. The molecule has 0 radical (unpaired) electrons. The van der Waals surface area contributed by atoms with Crippen LogP contribution in [0.25, 0.3) is 0 Å². The first kappa shape index (κ1) is 16.1. The summed E-state index contributed by atoms with van der Waals surface area (Å²) < 4.78 is 0.960. The van der Waals surface area contributed by atoms with E-state index in [-0.39, 0.29) is 5.91 Å². The number of carbonyl (C=O) groups excluding carboxylic acids is 1. The Hall–Kier alpha value is -2.73. The van der Waals surface area contributed by atoms with E-state index in [1.807, 2.05) is 55.5 Å². The van der Waals surface area contributed by atoms with Crippen LogP contribution in [0, 0.1) is 6.92 Å². The molecule has 2 N–H and O–H groups in total. The predicted molar refractivity (Wildman–Crippen MR) is 98.6 cm³/mol. The predicted octanol–water partition coefficient (Wildman–Crippen LogP) is 4.54. The van der Waals surface area contributed by atoms with Crippen molar-refractivity contribution in [1.82, 2.24) is 9.97 Å². The number of nitrogens with one attached hydrogen (secondary N) is 2. The molecule has 0 bridgehead atoms. The highest BCUT2D eigenvalue weighted by molar-refractivity contribution is 9.10. The van der Waals surface area contributed by atoms with Gasteiger partial charge in [0.1, 0.15) is 0 Å². The van der Waals surface area contributed by atoms with E-state index in [1.165, 1.54) is 12.4 Å². The maximum Gasteiger partial charge on any atom is 0.258 e. The Morgan fingerprint density at radius 1 is 1.00 bits per heavy atom. The Labute approximate surface area is 148 Å². The summed E-state index contributed by atoms with van der Waals surface area (Å²) >= 11 is 3.41. The van der Waals surface area contributed by atoms with Gasteiger partial charge in [0.05, 0.1) is 5.56 Å². The highest BCUT2D eigenvalue weighted by Gasteiger charge is 2.08. The van der Waals surface area contributed by atoms with Crippen molar-refractivity contribution >= 4 is 39.2 Å². The van der Waals surface area contributed by atoms with E-state index >= 15 is 0 Å². The minimum Gasteiger partial charge on any atom is -0.324 e. The lowest BCUT2D eigenvalue weighted by molar-refractivity contribution is 0.102. The zero-order valence-electron chi connectivity index (χ0n) is 13.0. The van der Waals surface area contributed by atoms with Crippen LogP contribution in [0.15, 0.2) is 65.4 Å². The minimum atomic E-state index is -0.241. The molecule has 24 heavy (non-hydrogen) atoms. The molecule has 0 saturated carbocycles. The Balaban J connectivity index is 1.68. The number of benzene rings is 2. The molecule has 0 aliphatic carbocycles. The summed E-state index contributed by atoms with van der Waals surface area (Å²) in [5.74, 6) is 0.190. The Bertz CT molecular complexity index is 865. The molecule has 5 nitrogen and oxygen atoms in total. The molecule has 1 heterocycles. The van der Waals surface area contributed by atoms with E-state index in [0.29, 0.717) is 11.5 Å². The number of carbonyl (C=O) groups is 1. The summed E-state index contributed by atoms with van der Waals surface area (Å²) in [7, 11) is 0. The van der Waals surface area contributed by atoms with E-state index in [9.17, 15) is 4.79 Å². The van der Waals surface area contributed by atoms with Gasteiger partial charge in [-0.25, -0.2) is 9.97 Å². The van der Waals surface area contributed by atoms with Gasteiger partial charge in [0.25, 0.3) is 5.91 Å². The number of amides is 1. The number of hydrogen-bond donors (Lipinski definition) is 2. The van der Waals surface area contributed by atoms with E-state index in [4.69, 9.17) is 0 Å². The molecule has 120 valence electrons. The summed E-state index contributed by atoms with van der Waals surface area (Å²) in [6.45, 7) is 1.97. The highest BCUT2D eigenvalue weighted by atomic mass is 79.9. The normalized spacial score (nSPS) is 10.2. The van der Waals surface area contributed by atoms with Crippen molar-refractivity contribution < 1.29 is 4.79 Å². The summed E-state index contributed by atoms with van der Waals surface area (Å²) in [6.07, 6.45) is 3.00. The molecule has 3 rings (SSSR count). The van der Waals surface area contributed by atoms with Crippen molar-refractivity contribution in [3.63, 3.8) is 0 Å². The summed E-state index contributed by atoms with van der Waals surface area (Å²) in [4.78, 5) is 20.6. The smallest absolute Gasteiger partial charge is 0.258 e. The van der Waals surface area contributed by atoms with Gasteiger partial charge in [-0.05, 0) is 42.8 Å². The second-order valence-corrected chi connectivity index (χ2v) is 6.17. The average Bonchev–Trinajstić information content (AvgIpc) is 2.55. The fourth-order valence-corrected chi connectivity index (χ4v) is 2.53. The molecule has 0 unspecified atom stereocenters. The van der Waals surface area contributed by atoms with Crippen molar-refractivity contribution in [1.29, 1.82) is 0 Å². The maximum absolute atomic E-state index is 12.2. The molecule has 0 atom stereocenters. The molecule has 1 amide bonds. The van der Waals surface area contributed by atoms with Crippen molar-refractivity contribution in [3.8, 4) is 0 Å². The first-order chi connectivity index (χ1) is 11.6. The second-order valence-electron chi connectivity index (χ2n) is 5.25.